The van der Waals surface area contributed by atoms with Crippen LogP contribution in [0.1, 0.15) is 37.0 Å². The zero-order valence-corrected chi connectivity index (χ0v) is 15.4. The molecule has 0 saturated heterocycles. The molecule has 1 amide bonds. The van der Waals surface area contributed by atoms with Crippen molar-refractivity contribution in [1.29, 1.82) is 0 Å². The van der Waals surface area contributed by atoms with Crippen LogP contribution in [0.25, 0.3) is 0 Å². The first-order chi connectivity index (χ1) is 11.8. The molecule has 1 heterocycles. The van der Waals surface area contributed by atoms with Crippen molar-refractivity contribution in [2.24, 2.45) is 0 Å². The van der Waals surface area contributed by atoms with Gasteiger partial charge < -0.3 is 10.1 Å². The Morgan fingerprint density at radius 3 is 2.54 bits per heavy atom. The zero-order valence-electron chi connectivity index (χ0n) is 13.9. The summed E-state index contributed by atoms with van der Waals surface area (Å²) < 4.78 is 66.6. The van der Waals surface area contributed by atoms with Gasteiger partial charge in [-0.15, -0.1) is 0 Å². The number of halogens is 4. The lowest BCUT2D eigenvalue weighted by atomic mass is 10.1. The number of carbonyl (C=O) groups is 1. The van der Waals surface area contributed by atoms with E-state index in [9.17, 15) is 26.4 Å². The van der Waals surface area contributed by atoms with Gasteiger partial charge in [0, 0.05) is 6.04 Å². The molecule has 1 aliphatic carbocycles. The first kappa shape index (κ1) is 20.7. The molecule has 0 bridgehead atoms. The van der Waals surface area contributed by atoms with Crippen molar-refractivity contribution in [3.8, 4) is 5.75 Å². The Bertz CT molecular complexity index is 795. The van der Waals surface area contributed by atoms with Crippen molar-refractivity contribution in [3.63, 3.8) is 0 Å². The van der Waals surface area contributed by atoms with Crippen molar-refractivity contribution in [2.75, 3.05) is 6.61 Å². The molecular weight excluding hydrogens is 399 g/mol. The number of nitrogens with zero attached hydrogens (tertiary/aromatic N) is 1. The lowest BCUT2D eigenvalue weighted by molar-refractivity contribution is -0.0457. The van der Waals surface area contributed by atoms with E-state index in [2.05, 4.69) is 10.3 Å². The van der Waals surface area contributed by atoms with Crippen LogP contribution in [0.4, 0.5) is 13.2 Å². The Kier molecular flexibility index (Phi) is 5.74. The summed E-state index contributed by atoms with van der Waals surface area (Å²) in [6.07, 6.45) is 2.94. The van der Waals surface area contributed by atoms with Gasteiger partial charge in [0.25, 0.3) is 5.91 Å². The fourth-order valence-electron chi connectivity index (χ4n) is 1.87. The second-order valence-corrected chi connectivity index (χ2v) is 8.51. The van der Waals surface area contributed by atoms with Gasteiger partial charge in [-0.1, -0.05) is 11.6 Å². The van der Waals surface area contributed by atoms with E-state index >= 15 is 0 Å². The summed E-state index contributed by atoms with van der Waals surface area (Å²) >= 11 is 5.88. The number of sulfonamides is 1. The standard InChI is InChI=1S/C14H17ClF3N3O4S/c1-13(2,21-26(23,24)14(16,17)18)7-25-9-5-10(11(15)19-6-9)12(22)20-8-3-4-8/h5-6,8,21H,3-4,7H2,1-2H3,(H,20,22). The van der Waals surface area contributed by atoms with E-state index in [4.69, 9.17) is 16.3 Å². The van der Waals surface area contributed by atoms with Crippen molar-refractivity contribution in [2.45, 2.75) is 43.8 Å². The summed E-state index contributed by atoms with van der Waals surface area (Å²) in [6.45, 7) is 2.01. The summed E-state index contributed by atoms with van der Waals surface area (Å²) in [7, 11) is -5.53. The number of hydrogen-bond donors (Lipinski definition) is 2. The fraction of sp³-hybridized carbons (Fsp3) is 0.571. The maximum Gasteiger partial charge on any atom is 0.511 e. The number of nitrogens with one attached hydrogen (secondary N) is 2. The molecule has 0 aliphatic heterocycles. The minimum absolute atomic E-state index is 0.0486. The third-order valence-electron chi connectivity index (χ3n) is 3.29. The average Bonchev–Trinajstić information content (AvgIpc) is 3.28. The van der Waals surface area contributed by atoms with Gasteiger partial charge in [0.2, 0.25) is 0 Å². The van der Waals surface area contributed by atoms with Gasteiger partial charge in [0.1, 0.15) is 17.5 Å². The smallest absolute Gasteiger partial charge is 0.490 e. The first-order valence-corrected chi connectivity index (χ1v) is 9.36. The normalized spacial score (nSPS) is 15.6. The molecule has 0 spiro atoms. The summed E-state index contributed by atoms with van der Waals surface area (Å²) in [5.74, 6) is -0.373. The highest BCUT2D eigenvalue weighted by atomic mass is 35.5. The van der Waals surface area contributed by atoms with Crippen LogP contribution in [0.3, 0.4) is 0 Å². The van der Waals surface area contributed by atoms with Gasteiger partial charge in [-0.2, -0.15) is 17.9 Å². The van der Waals surface area contributed by atoms with Crippen LogP contribution in [-0.2, 0) is 10.0 Å². The van der Waals surface area contributed by atoms with E-state index in [-0.39, 0.29) is 22.5 Å². The third kappa shape index (κ3) is 5.45. The van der Waals surface area contributed by atoms with E-state index in [1.165, 1.54) is 30.8 Å². The van der Waals surface area contributed by atoms with Gasteiger partial charge >= 0.3 is 15.5 Å². The highest BCUT2D eigenvalue weighted by molar-refractivity contribution is 7.90. The minimum Gasteiger partial charge on any atom is -0.490 e. The van der Waals surface area contributed by atoms with Gasteiger partial charge in [0.05, 0.1) is 17.3 Å². The van der Waals surface area contributed by atoms with E-state index < -0.39 is 33.6 Å². The molecule has 146 valence electrons. The number of carbonyl (C=O) groups excluding carboxylic acids is 1. The summed E-state index contributed by atoms with van der Waals surface area (Å²) in [5, 5.41) is 2.67. The van der Waals surface area contributed by atoms with E-state index in [0.717, 1.165) is 12.8 Å². The molecule has 0 radical (unpaired) electrons. The number of alkyl halides is 3. The van der Waals surface area contributed by atoms with Crippen LogP contribution in [0.15, 0.2) is 12.3 Å². The van der Waals surface area contributed by atoms with Crippen molar-refractivity contribution in [1.82, 2.24) is 15.0 Å². The van der Waals surface area contributed by atoms with Crippen molar-refractivity contribution < 1.29 is 31.1 Å². The minimum atomic E-state index is -5.53. The highest BCUT2D eigenvalue weighted by Crippen LogP contribution is 2.25. The number of aromatic nitrogens is 1. The molecule has 7 nitrogen and oxygen atoms in total. The second-order valence-electron chi connectivity index (χ2n) is 6.48. The Hall–Kier alpha value is -1.59. The van der Waals surface area contributed by atoms with Crippen LogP contribution in [-0.4, -0.2) is 43.0 Å². The lowest BCUT2D eigenvalue weighted by Crippen LogP contribution is -2.51. The molecule has 1 aromatic heterocycles. The average molecular weight is 416 g/mol. The van der Waals surface area contributed by atoms with Gasteiger partial charge in [-0.3, -0.25) is 4.79 Å². The van der Waals surface area contributed by atoms with Gasteiger partial charge in [-0.05, 0) is 32.8 Å². The Morgan fingerprint density at radius 1 is 1.38 bits per heavy atom. The van der Waals surface area contributed by atoms with Crippen LogP contribution < -0.4 is 14.8 Å². The Morgan fingerprint density at radius 2 is 2.00 bits per heavy atom. The number of rotatable bonds is 7. The molecule has 1 aliphatic rings. The monoisotopic (exact) mass is 415 g/mol. The SMILES string of the molecule is CC(C)(COc1cnc(Cl)c(C(=O)NC2CC2)c1)NS(=O)(=O)C(F)(F)F. The highest BCUT2D eigenvalue weighted by Gasteiger charge is 2.48. The van der Waals surface area contributed by atoms with Crippen LogP contribution in [0, 0.1) is 0 Å². The molecule has 26 heavy (non-hydrogen) atoms. The fourth-order valence-corrected chi connectivity index (χ4v) is 2.96. The molecule has 1 fully saturated rings. The molecule has 1 aromatic rings. The third-order valence-corrected chi connectivity index (χ3v) is 5.02. The molecule has 0 unspecified atom stereocenters. The Labute approximate surface area is 153 Å². The quantitative estimate of drug-likeness (QED) is 0.665. The first-order valence-electron chi connectivity index (χ1n) is 7.50. The topological polar surface area (TPSA) is 97.4 Å². The van der Waals surface area contributed by atoms with E-state index in [1.807, 2.05) is 0 Å². The maximum absolute atomic E-state index is 12.5. The molecule has 12 heteroatoms. The second kappa shape index (κ2) is 7.20. The molecule has 1 saturated carbocycles. The van der Waals surface area contributed by atoms with Crippen molar-refractivity contribution >= 4 is 27.5 Å². The molecule has 0 atom stereocenters. The number of ether oxygens (including phenoxy) is 1. The molecule has 0 aromatic carbocycles. The predicted molar refractivity (Wildman–Crippen MR) is 87.4 cm³/mol. The van der Waals surface area contributed by atoms with Gasteiger partial charge in [-0.25, -0.2) is 13.4 Å². The maximum atomic E-state index is 12.5. The Balaban J connectivity index is 2.05. The lowest BCUT2D eigenvalue weighted by Gasteiger charge is -2.26. The molecular formula is C14H17ClF3N3O4S. The number of amides is 1. The zero-order chi connectivity index (χ0) is 19.8. The largest absolute Gasteiger partial charge is 0.511 e. The van der Waals surface area contributed by atoms with Crippen LogP contribution in [0.2, 0.25) is 5.15 Å². The summed E-state index contributed by atoms with van der Waals surface area (Å²) in [4.78, 5) is 15.9. The molecule has 2 N–H and O–H groups in total. The van der Waals surface area contributed by atoms with E-state index in [1.54, 1.807) is 0 Å². The van der Waals surface area contributed by atoms with Gasteiger partial charge in [0.15, 0.2) is 0 Å². The van der Waals surface area contributed by atoms with Crippen LogP contribution in [0.5, 0.6) is 5.75 Å². The van der Waals surface area contributed by atoms with E-state index in [0.29, 0.717) is 0 Å². The van der Waals surface area contributed by atoms with Crippen LogP contribution >= 0.6 is 11.6 Å². The number of pyridine rings is 1. The predicted octanol–water partition coefficient (Wildman–Crippen LogP) is 2.22. The molecule has 2 rings (SSSR count). The van der Waals surface area contributed by atoms with Crippen molar-refractivity contribution in [3.05, 3.63) is 23.0 Å². The summed E-state index contributed by atoms with van der Waals surface area (Å²) in [5.41, 5.74) is -6.94. The summed E-state index contributed by atoms with van der Waals surface area (Å²) in [6, 6.07) is 1.39. The number of hydrogen-bond acceptors (Lipinski definition) is 5.